The normalized spacial score (nSPS) is 27.0. The van der Waals surface area contributed by atoms with Gasteiger partial charge in [-0.15, -0.1) is 0 Å². The number of hydrogen-bond acceptors (Lipinski definition) is 4. The molecule has 158 valence electrons. The van der Waals surface area contributed by atoms with Crippen molar-refractivity contribution < 1.29 is 18.1 Å². The number of nitrogens with one attached hydrogen (secondary N) is 3. The fraction of sp³-hybridized carbons (Fsp3) is 0.619. The van der Waals surface area contributed by atoms with Crippen molar-refractivity contribution in [2.45, 2.75) is 49.8 Å². The lowest BCUT2D eigenvalue weighted by Crippen LogP contribution is -3.15. The lowest BCUT2D eigenvalue weighted by atomic mass is 9.75. The van der Waals surface area contributed by atoms with Crippen LogP contribution in [0.3, 0.4) is 0 Å². The van der Waals surface area contributed by atoms with Gasteiger partial charge in [0.1, 0.15) is 5.84 Å². The molecule has 1 aliphatic carbocycles. The van der Waals surface area contributed by atoms with Gasteiger partial charge in [-0.05, 0) is 49.8 Å². The van der Waals surface area contributed by atoms with E-state index in [0.717, 1.165) is 31.3 Å². The molecule has 1 saturated heterocycles. The molecule has 0 bridgehead atoms. The van der Waals surface area contributed by atoms with Gasteiger partial charge in [0, 0.05) is 24.6 Å². The number of fused-ring (bicyclic) bond motifs is 1. The Labute approximate surface area is 173 Å². The molecule has 4 rings (SSSR count). The van der Waals surface area contributed by atoms with Crippen LogP contribution >= 0.6 is 0 Å². The Morgan fingerprint density at radius 3 is 2.76 bits per heavy atom. The Morgan fingerprint density at radius 1 is 1.14 bits per heavy atom. The number of benzene rings is 1. The quantitative estimate of drug-likeness (QED) is 0.669. The molecule has 2 fully saturated rings. The Bertz CT molecular complexity index is 884. The second kappa shape index (κ2) is 8.83. The molecule has 3 N–H and O–H groups in total. The van der Waals surface area contributed by atoms with Crippen LogP contribution in [0.15, 0.2) is 34.2 Å². The van der Waals surface area contributed by atoms with Crippen LogP contribution in [0.4, 0.5) is 5.69 Å². The van der Waals surface area contributed by atoms with Crippen LogP contribution < -0.4 is 14.9 Å². The molecule has 0 aromatic heterocycles. The predicted molar refractivity (Wildman–Crippen MR) is 113 cm³/mol. The summed E-state index contributed by atoms with van der Waals surface area (Å²) in [4.78, 5) is 18.2. The first-order chi connectivity index (χ1) is 14.0. The number of rotatable bonds is 5. The molecule has 0 spiro atoms. The van der Waals surface area contributed by atoms with E-state index in [9.17, 15) is 13.2 Å². The third-order valence-corrected chi connectivity index (χ3v) is 7.83. The van der Waals surface area contributed by atoms with Gasteiger partial charge in [-0.25, -0.2) is 8.42 Å². The van der Waals surface area contributed by atoms with Gasteiger partial charge in [0.05, 0.1) is 18.0 Å². The van der Waals surface area contributed by atoms with Gasteiger partial charge in [-0.3, -0.25) is 14.5 Å². The predicted octanol–water partition coefficient (Wildman–Crippen LogP) is 1.19. The molecule has 2 aliphatic heterocycles. The Morgan fingerprint density at radius 2 is 1.97 bits per heavy atom. The van der Waals surface area contributed by atoms with Crippen LogP contribution in [0.2, 0.25) is 0 Å². The van der Waals surface area contributed by atoms with Gasteiger partial charge in [0.2, 0.25) is 0 Å². The van der Waals surface area contributed by atoms with Gasteiger partial charge < -0.3 is 10.2 Å². The van der Waals surface area contributed by atoms with Crippen molar-refractivity contribution in [2.75, 3.05) is 31.5 Å². The maximum atomic E-state index is 12.6. The first-order valence-electron chi connectivity index (χ1n) is 10.8. The van der Waals surface area contributed by atoms with Crippen molar-refractivity contribution in [1.82, 2.24) is 4.72 Å². The summed E-state index contributed by atoms with van der Waals surface area (Å²) in [6, 6.07) is 6.43. The van der Waals surface area contributed by atoms with E-state index in [1.807, 2.05) is 0 Å². The van der Waals surface area contributed by atoms with Crippen molar-refractivity contribution in [3.8, 4) is 0 Å². The highest BCUT2D eigenvalue weighted by Gasteiger charge is 2.34. The molecule has 1 aromatic carbocycles. The molecule has 29 heavy (non-hydrogen) atoms. The smallest absolute Gasteiger partial charge is 0.279 e. The first-order valence-corrected chi connectivity index (χ1v) is 12.3. The highest BCUT2D eigenvalue weighted by atomic mass is 32.2. The number of likely N-dealkylation sites (tertiary alicyclic amines) is 1. The highest BCUT2D eigenvalue weighted by molar-refractivity contribution is 7.90. The van der Waals surface area contributed by atoms with Gasteiger partial charge in [0.15, 0.2) is 6.54 Å². The summed E-state index contributed by atoms with van der Waals surface area (Å²) in [5.41, 5.74) is 0.512. The third-order valence-electron chi connectivity index (χ3n) is 6.45. The molecule has 3 atom stereocenters. The number of anilines is 1. The fourth-order valence-electron chi connectivity index (χ4n) is 4.97. The van der Waals surface area contributed by atoms with Crippen LogP contribution in [0.1, 0.15) is 44.9 Å². The zero-order valence-electron chi connectivity index (χ0n) is 16.8. The molecule has 8 heteroatoms. The van der Waals surface area contributed by atoms with E-state index in [4.69, 9.17) is 0 Å². The minimum absolute atomic E-state index is 0.0584. The number of quaternary nitrogens is 1. The average Bonchev–Trinajstić information content (AvgIpc) is 3.20. The summed E-state index contributed by atoms with van der Waals surface area (Å²) in [7, 11) is -3.68. The molecule has 2 heterocycles. The van der Waals surface area contributed by atoms with Crippen LogP contribution in [0.25, 0.3) is 0 Å². The molecule has 1 aromatic rings. The maximum absolute atomic E-state index is 12.6. The van der Waals surface area contributed by atoms with E-state index in [1.54, 1.807) is 12.1 Å². The summed E-state index contributed by atoms with van der Waals surface area (Å²) in [6.45, 7) is 3.23. The summed E-state index contributed by atoms with van der Waals surface area (Å²) < 4.78 is 27.7. The van der Waals surface area contributed by atoms with Gasteiger partial charge in [-0.1, -0.05) is 18.9 Å². The lowest BCUT2D eigenvalue weighted by molar-refractivity contribution is -0.902. The zero-order chi connectivity index (χ0) is 20.3. The molecule has 1 unspecified atom stereocenters. The Balaban J connectivity index is 1.34. The van der Waals surface area contributed by atoms with Crippen molar-refractivity contribution >= 4 is 27.5 Å². The number of amidine groups is 1. The van der Waals surface area contributed by atoms with E-state index in [2.05, 4.69) is 15.0 Å². The van der Waals surface area contributed by atoms with Crippen molar-refractivity contribution in [1.29, 1.82) is 0 Å². The van der Waals surface area contributed by atoms with Crippen LogP contribution in [-0.4, -0.2) is 46.3 Å². The summed E-state index contributed by atoms with van der Waals surface area (Å²) in [5, 5.41) is 2.89. The molecule has 3 aliphatic rings. The van der Waals surface area contributed by atoms with E-state index in [1.165, 1.54) is 49.1 Å². The second-order valence-corrected chi connectivity index (χ2v) is 10.3. The Hall–Kier alpha value is -1.93. The number of aliphatic imine (C=N–C) groups is 1. The zero-order valence-corrected chi connectivity index (χ0v) is 17.6. The van der Waals surface area contributed by atoms with Crippen molar-refractivity contribution in [2.24, 2.45) is 16.8 Å². The third kappa shape index (κ3) is 5.17. The molecular weight excluding hydrogens is 388 g/mol. The number of sulfonamides is 1. The van der Waals surface area contributed by atoms with Crippen LogP contribution in [0.5, 0.6) is 0 Å². The number of carbonyl (C=O) groups is 1. The monoisotopic (exact) mass is 419 g/mol. The van der Waals surface area contributed by atoms with Crippen LogP contribution in [0, 0.1) is 11.8 Å². The van der Waals surface area contributed by atoms with E-state index in [0.29, 0.717) is 31.0 Å². The van der Waals surface area contributed by atoms with E-state index >= 15 is 0 Å². The number of hydrogen-bond donors (Lipinski definition) is 3. The van der Waals surface area contributed by atoms with Crippen molar-refractivity contribution in [3.05, 3.63) is 24.3 Å². The minimum Gasteiger partial charge on any atom is -0.327 e. The average molecular weight is 420 g/mol. The largest absolute Gasteiger partial charge is 0.327 e. The molecule has 0 radical (unpaired) electrons. The van der Waals surface area contributed by atoms with Gasteiger partial charge in [-0.2, -0.15) is 0 Å². The first kappa shape index (κ1) is 20.3. The molecule has 1 saturated carbocycles. The highest BCUT2D eigenvalue weighted by Crippen LogP contribution is 2.32. The summed E-state index contributed by atoms with van der Waals surface area (Å²) in [6.07, 6.45) is 8.07. The summed E-state index contributed by atoms with van der Waals surface area (Å²) in [5.74, 6) is 2.07. The van der Waals surface area contributed by atoms with E-state index in [-0.39, 0.29) is 10.8 Å². The molecular formula is C21H31N4O3S+. The number of nitrogens with zero attached hydrogens (tertiary/aromatic N) is 1. The van der Waals surface area contributed by atoms with Gasteiger partial charge >= 0.3 is 0 Å². The van der Waals surface area contributed by atoms with Crippen LogP contribution in [-0.2, 0) is 14.8 Å². The maximum Gasteiger partial charge on any atom is 0.279 e. The summed E-state index contributed by atoms with van der Waals surface area (Å²) >= 11 is 0. The Kier molecular flexibility index (Phi) is 6.20. The van der Waals surface area contributed by atoms with Crippen molar-refractivity contribution in [3.63, 3.8) is 0 Å². The number of carbonyl (C=O) groups excluding carboxylic acids is 1. The second-order valence-electron chi connectivity index (χ2n) is 8.59. The molecule has 7 nitrogen and oxygen atoms in total. The SMILES string of the molecule is O=C(C[NH+]1CC[C@H]2CCCC[C@@H]2C1)Nc1cccc(S(=O)(=O)NC2=NCCC2)c1. The molecule has 1 amide bonds. The van der Waals surface area contributed by atoms with E-state index < -0.39 is 10.0 Å². The fourth-order valence-corrected chi connectivity index (χ4v) is 6.10. The standard InChI is InChI=1S/C21H30N4O3S/c26-21(15-25-12-10-16-5-1-2-6-17(16)14-25)23-18-7-3-8-19(13-18)29(27,28)24-20-9-4-11-22-20/h3,7-8,13,16-17H,1-2,4-6,9-12,14-15H2,(H,22,24)(H,23,26)/p+1/t16-,17-/m1/s1. The minimum atomic E-state index is -3.68. The lowest BCUT2D eigenvalue weighted by Gasteiger charge is -2.38. The topological polar surface area (TPSA) is 92.1 Å². The van der Waals surface area contributed by atoms with Gasteiger partial charge in [0.25, 0.3) is 15.9 Å². The number of amides is 1. The number of piperidine rings is 1.